The van der Waals surface area contributed by atoms with Crippen molar-refractivity contribution < 1.29 is 22.4 Å². The number of benzene rings is 2. The molecule has 0 unspecified atom stereocenters. The summed E-state index contributed by atoms with van der Waals surface area (Å²) in [5, 5.41) is 3.42. The third-order valence-corrected chi connectivity index (χ3v) is 7.41. The summed E-state index contributed by atoms with van der Waals surface area (Å²) in [6, 6.07) is 12.7. The number of hydrogen-bond donors (Lipinski definition) is 1. The second kappa shape index (κ2) is 9.13. The summed E-state index contributed by atoms with van der Waals surface area (Å²) < 4.78 is 38.2. The van der Waals surface area contributed by atoms with Crippen LogP contribution >= 0.6 is 0 Å². The normalized spacial score (nSPS) is 14.9. The number of carbonyl (C=O) groups excluding carboxylic acids is 1. The summed E-state index contributed by atoms with van der Waals surface area (Å²) in [6.07, 6.45) is 2.74. The van der Waals surface area contributed by atoms with Crippen LogP contribution in [0.4, 0.5) is 5.69 Å². The number of fused-ring (bicyclic) bond motifs is 1. The predicted molar refractivity (Wildman–Crippen MR) is 120 cm³/mol. The van der Waals surface area contributed by atoms with Crippen molar-refractivity contribution in [1.29, 1.82) is 0 Å². The Balaban J connectivity index is 1.44. The molecule has 1 fully saturated rings. The summed E-state index contributed by atoms with van der Waals surface area (Å²) in [4.78, 5) is 23.9. The second-order valence-electron chi connectivity index (χ2n) is 7.74. The number of rotatable bonds is 6. The van der Waals surface area contributed by atoms with E-state index in [0.717, 1.165) is 24.6 Å². The van der Waals surface area contributed by atoms with Gasteiger partial charge in [-0.15, -0.1) is 0 Å². The lowest BCUT2D eigenvalue weighted by Gasteiger charge is -2.26. The molecular weight excluding hydrogens is 432 g/mol. The molecule has 8 nitrogen and oxygen atoms in total. The molecule has 0 spiro atoms. The summed E-state index contributed by atoms with van der Waals surface area (Å²) in [5.74, 6) is -0.0657. The van der Waals surface area contributed by atoms with Crippen LogP contribution in [-0.2, 0) is 14.8 Å². The highest BCUT2D eigenvalue weighted by atomic mass is 32.2. The van der Waals surface area contributed by atoms with Crippen LogP contribution in [-0.4, -0.2) is 38.3 Å². The lowest BCUT2D eigenvalue weighted by molar-refractivity contribution is -0.118. The van der Waals surface area contributed by atoms with Gasteiger partial charge in [-0.2, -0.15) is 4.31 Å². The number of ether oxygens (including phenoxy) is 1. The van der Waals surface area contributed by atoms with Crippen molar-refractivity contribution in [2.45, 2.75) is 31.1 Å². The minimum Gasteiger partial charge on any atom is -0.484 e. The molecule has 9 heteroatoms. The fourth-order valence-electron chi connectivity index (χ4n) is 3.68. The Hall–Kier alpha value is -3.17. The molecule has 0 aliphatic carbocycles. The van der Waals surface area contributed by atoms with E-state index in [1.165, 1.54) is 16.4 Å². The maximum atomic E-state index is 13.0. The van der Waals surface area contributed by atoms with E-state index in [-0.39, 0.29) is 11.5 Å². The average Bonchev–Trinajstić information content (AvgIpc) is 2.79. The van der Waals surface area contributed by atoms with E-state index in [1.807, 2.05) is 0 Å². The average molecular weight is 457 g/mol. The lowest BCUT2D eigenvalue weighted by Crippen LogP contribution is -2.36. The van der Waals surface area contributed by atoms with Crippen molar-refractivity contribution in [3.63, 3.8) is 0 Å². The van der Waals surface area contributed by atoms with Crippen LogP contribution in [0.2, 0.25) is 0 Å². The largest absolute Gasteiger partial charge is 0.484 e. The Labute approximate surface area is 185 Å². The van der Waals surface area contributed by atoms with Gasteiger partial charge in [0.25, 0.3) is 5.91 Å². The maximum absolute atomic E-state index is 13.0. The number of carbonyl (C=O) groups is 1. The van der Waals surface area contributed by atoms with Crippen LogP contribution in [0.5, 0.6) is 5.75 Å². The topological polar surface area (TPSA) is 106 Å². The number of nitrogens with zero attached hydrogens (tertiary/aromatic N) is 1. The van der Waals surface area contributed by atoms with E-state index in [4.69, 9.17) is 9.15 Å². The van der Waals surface area contributed by atoms with Crippen LogP contribution in [0, 0.1) is 6.92 Å². The fourth-order valence-corrected chi connectivity index (χ4v) is 5.44. The maximum Gasteiger partial charge on any atom is 0.336 e. The standard InChI is InChI=1S/C23H24N2O6S/c1-16-5-8-18(13-21(16)32(28,29)25-11-3-2-4-12-25)24-22(26)15-30-19-9-6-17-7-10-23(27)31-20(17)14-19/h5-10,13-14H,2-4,11-12,15H2,1H3,(H,24,26). The molecule has 0 bridgehead atoms. The Morgan fingerprint density at radius 3 is 2.59 bits per heavy atom. The Morgan fingerprint density at radius 2 is 1.81 bits per heavy atom. The quantitative estimate of drug-likeness (QED) is 0.571. The third-order valence-electron chi connectivity index (χ3n) is 5.37. The van der Waals surface area contributed by atoms with Gasteiger partial charge >= 0.3 is 5.63 Å². The Kier molecular flexibility index (Phi) is 6.29. The monoisotopic (exact) mass is 456 g/mol. The molecule has 3 aromatic rings. The molecule has 1 N–H and O–H groups in total. The number of nitrogens with one attached hydrogen (secondary N) is 1. The fraction of sp³-hybridized carbons (Fsp3) is 0.304. The smallest absolute Gasteiger partial charge is 0.336 e. The molecule has 1 aromatic heterocycles. The first-order valence-corrected chi connectivity index (χ1v) is 11.8. The van der Waals surface area contributed by atoms with Gasteiger partial charge in [0.05, 0.1) is 4.90 Å². The zero-order chi connectivity index (χ0) is 22.7. The number of anilines is 1. The molecule has 1 saturated heterocycles. The Morgan fingerprint density at radius 1 is 1.06 bits per heavy atom. The van der Waals surface area contributed by atoms with Gasteiger partial charge in [-0.05, 0) is 55.7 Å². The number of sulfonamides is 1. The van der Waals surface area contributed by atoms with Crippen LogP contribution in [0.1, 0.15) is 24.8 Å². The highest BCUT2D eigenvalue weighted by Crippen LogP contribution is 2.26. The van der Waals surface area contributed by atoms with E-state index >= 15 is 0 Å². The number of piperidine rings is 1. The van der Waals surface area contributed by atoms with E-state index in [9.17, 15) is 18.0 Å². The molecule has 0 atom stereocenters. The minimum atomic E-state index is -3.62. The number of amides is 1. The van der Waals surface area contributed by atoms with Gasteiger partial charge in [0.15, 0.2) is 6.61 Å². The second-order valence-corrected chi connectivity index (χ2v) is 9.64. The molecule has 1 aliphatic heterocycles. The minimum absolute atomic E-state index is 0.197. The van der Waals surface area contributed by atoms with Crippen LogP contribution < -0.4 is 15.7 Å². The van der Waals surface area contributed by atoms with Crippen molar-refractivity contribution >= 4 is 32.6 Å². The molecule has 2 heterocycles. The molecule has 0 saturated carbocycles. The molecule has 0 radical (unpaired) electrons. The highest BCUT2D eigenvalue weighted by molar-refractivity contribution is 7.89. The van der Waals surface area contributed by atoms with Gasteiger partial charge in [0.1, 0.15) is 11.3 Å². The SMILES string of the molecule is Cc1ccc(NC(=O)COc2ccc3ccc(=O)oc3c2)cc1S(=O)(=O)N1CCCCC1. The summed E-state index contributed by atoms with van der Waals surface area (Å²) in [5.41, 5.74) is 0.898. The first kappa shape index (κ1) is 22.0. The predicted octanol–water partition coefficient (Wildman–Crippen LogP) is 3.29. The van der Waals surface area contributed by atoms with Crippen LogP contribution in [0.3, 0.4) is 0 Å². The zero-order valence-corrected chi connectivity index (χ0v) is 18.5. The zero-order valence-electron chi connectivity index (χ0n) is 17.7. The lowest BCUT2D eigenvalue weighted by atomic mass is 10.2. The van der Waals surface area contributed by atoms with Gasteiger partial charge in [-0.1, -0.05) is 12.5 Å². The molecule has 32 heavy (non-hydrogen) atoms. The molecular formula is C23H24N2O6S. The van der Waals surface area contributed by atoms with Gasteiger partial charge in [-0.3, -0.25) is 4.79 Å². The Bertz CT molecular complexity index is 1310. The van der Waals surface area contributed by atoms with Crippen LogP contribution in [0.15, 0.2) is 62.6 Å². The first-order valence-electron chi connectivity index (χ1n) is 10.4. The first-order chi connectivity index (χ1) is 15.3. The molecule has 2 aromatic carbocycles. The van der Waals surface area contributed by atoms with Crippen LogP contribution in [0.25, 0.3) is 11.0 Å². The van der Waals surface area contributed by atoms with Gasteiger partial charge < -0.3 is 14.5 Å². The molecule has 1 aliphatic rings. The van der Waals surface area contributed by atoms with E-state index < -0.39 is 21.6 Å². The van der Waals surface area contributed by atoms with Crippen molar-refractivity contribution in [1.82, 2.24) is 4.31 Å². The van der Waals surface area contributed by atoms with Gasteiger partial charge in [0, 0.05) is 36.3 Å². The van der Waals surface area contributed by atoms with Crippen molar-refractivity contribution in [2.24, 2.45) is 0 Å². The number of aryl methyl sites for hydroxylation is 1. The summed E-state index contributed by atoms with van der Waals surface area (Å²) in [7, 11) is -3.62. The summed E-state index contributed by atoms with van der Waals surface area (Å²) in [6.45, 7) is 2.48. The molecule has 168 valence electrons. The van der Waals surface area contributed by atoms with E-state index in [1.54, 1.807) is 43.3 Å². The van der Waals surface area contributed by atoms with Crippen molar-refractivity contribution in [3.8, 4) is 5.75 Å². The van der Waals surface area contributed by atoms with Crippen molar-refractivity contribution in [3.05, 3.63) is 64.5 Å². The molecule has 4 rings (SSSR count). The molecule has 1 amide bonds. The van der Waals surface area contributed by atoms with Crippen molar-refractivity contribution in [2.75, 3.05) is 25.0 Å². The van der Waals surface area contributed by atoms with E-state index in [2.05, 4.69) is 5.32 Å². The van der Waals surface area contributed by atoms with Gasteiger partial charge in [0.2, 0.25) is 10.0 Å². The van der Waals surface area contributed by atoms with Gasteiger partial charge in [-0.25, -0.2) is 13.2 Å². The number of hydrogen-bond acceptors (Lipinski definition) is 6. The van der Waals surface area contributed by atoms with E-state index in [0.29, 0.717) is 35.7 Å². The summed E-state index contributed by atoms with van der Waals surface area (Å²) >= 11 is 0. The highest BCUT2D eigenvalue weighted by Gasteiger charge is 2.27. The third kappa shape index (κ3) is 4.84.